The monoisotopic (exact) mass is 406 g/mol. The fourth-order valence-electron chi connectivity index (χ4n) is 3.60. The molecule has 30 heavy (non-hydrogen) atoms. The first-order valence-corrected chi connectivity index (χ1v) is 9.94. The van der Waals surface area contributed by atoms with Crippen molar-refractivity contribution < 1.29 is 14.2 Å². The number of nitrogens with zero attached hydrogens (tertiary/aromatic N) is 3. The largest absolute Gasteiger partial charge is 0.493 e. The number of nitrogens with one attached hydrogen (secondary N) is 1. The summed E-state index contributed by atoms with van der Waals surface area (Å²) in [6, 6.07) is 15.7. The first-order valence-electron chi connectivity index (χ1n) is 9.94. The standard InChI is InChI=1S/C23H26N4O3/c1-28-20-7-5-6-17(23(20)29-2)15-27-12-13-30-21(16-27)19-10-9-18(14-25-19)26-22-8-3-4-11-24-22/h3-11,14,21H,12-13,15-16H2,1-2H3,(H,24,26)/t21-/m1/s1. The van der Waals surface area contributed by atoms with E-state index in [1.54, 1.807) is 20.4 Å². The zero-order valence-electron chi connectivity index (χ0n) is 17.2. The third-order valence-corrected chi connectivity index (χ3v) is 5.08. The fraction of sp³-hybridized carbons (Fsp3) is 0.304. The topological polar surface area (TPSA) is 68.7 Å². The van der Waals surface area contributed by atoms with Gasteiger partial charge < -0.3 is 19.5 Å². The predicted octanol–water partition coefficient (Wildman–Crippen LogP) is 3.81. The normalized spacial score (nSPS) is 16.8. The number of morpholine rings is 1. The number of aromatic nitrogens is 2. The molecule has 0 spiro atoms. The summed E-state index contributed by atoms with van der Waals surface area (Å²) in [6.07, 6.45) is 3.50. The number of hydrogen-bond acceptors (Lipinski definition) is 7. The molecule has 0 unspecified atom stereocenters. The van der Waals surface area contributed by atoms with Gasteiger partial charge in [-0.2, -0.15) is 0 Å². The van der Waals surface area contributed by atoms with Crippen molar-refractivity contribution in [1.82, 2.24) is 14.9 Å². The molecule has 0 radical (unpaired) electrons. The summed E-state index contributed by atoms with van der Waals surface area (Å²) in [4.78, 5) is 11.2. The van der Waals surface area contributed by atoms with E-state index >= 15 is 0 Å². The maximum absolute atomic E-state index is 6.00. The zero-order valence-corrected chi connectivity index (χ0v) is 17.2. The molecule has 0 amide bonds. The highest BCUT2D eigenvalue weighted by Crippen LogP contribution is 2.32. The number of anilines is 2. The summed E-state index contributed by atoms with van der Waals surface area (Å²) >= 11 is 0. The summed E-state index contributed by atoms with van der Waals surface area (Å²) in [6.45, 7) is 3.04. The van der Waals surface area contributed by atoms with E-state index < -0.39 is 0 Å². The van der Waals surface area contributed by atoms with Crippen LogP contribution in [0.1, 0.15) is 17.4 Å². The van der Waals surface area contributed by atoms with E-state index in [0.29, 0.717) is 6.61 Å². The molecule has 3 heterocycles. The number of hydrogen-bond donors (Lipinski definition) is 1. The Hall–Kier alpha value is -3.16. The summed E-state index contributed by atoms with van der Waals surface area (Å²) in [5, 5.41) is 3.25. The molecule has 0 bridgehead atoms. The van der Waals surface area contributed by atoms with E-state index in [1.165, 1.54) is 0 Å². The van der Waals surface area contributed by atoms with E-state index in [-0.39, 0.29) is 6.10 Å². The summed E-state index contributed by atoms with van der Waals surface area (Å²) in [7, 11) is 3.33. The van der Waals surface area contributed by atoms with Crippen LogP contribution in [0.25, 0.3) is 0 Å². The van der Waals surface area contributed by atoms with Gasteiger partial charge in [0.05, 0.1) is 38.4 Å². The van der Waals surface area contributed by atoms with Crippen molar-refractivity contribution in [3.05, 3.63) is 72.2 Å². The van der Waals surface area contributed by atoms with Crippen LogP contribution in [-0.2, 0) is 11.3 Å². The average molecular weight is 406 g/mol. The van der Waals surface area contributed by atoms with Crippen LogP contribution in [0, 0.1) is 0 Å². The van der Waals surface area contributed by atoms with Gasteiger partial charge in [0.1, 0.15) is 11.9 Å². The third-order valence-electron chi connectivity index (χ3n) is 5.08. The molecule has 1 atom stereocenters. The molecule has 1 N–H and O–H groups in total. The number of benzene rings is 1. The van der Waals surface area contributed by atoms with Gasteiger partial charge in [0.15, 0.2) is 11.5 Å². The maximum Gasteiger partial charge on any atom is 0.165 e. The molecule has 4 rings (SSSR count). The Morgan fingerprint density at radius 1 is 1.07 bits per heavy atom. The van der Waals surface area contributed by atoms with Gasteiger partial charge in [0.25, 0.3) is 0 Å². The van der Waals surface area contributed by atoms with Gasteiger partial charge in [-0.05, 0) is 30.3 Å². The van der Waals surface area contributed by atoms with Crippen LogP contribution < -0.4 is 14.8 Å². The smallest absolute Gasteiger partial charge is 0.165 e. The van der Waals surface area contributed by atoms with Crippen molar-refractivity contribution in [2.24, 2.45) is 0 Å². The van der Waals surface area contributed by atoms with Gasteiger partial charge >= 0.3 is 0 Å². The quantitative estimate of drug-likeness (QED) is 0.640. The molecule has 0 saturated carbocycles. The van der Waals surface area contributed by atoms with Crippen LogP contribution in [0.2, 0.25) is 0 Å². The predicted molar refractivity (Wildman–Crippen MR) is 115 cm³/mol. The van der Waals surface area contributed by atoms with Crippen molar-refractivity contribution in [2.45, 2.75) is 12.6 Å². The minimum absolute atomic E-state index is 0.0701. The number of ether oxygens (including phenoxy) is 3. The third kappa shape index (κ3) is 4.69. The number of para-hydroxylation sites is 1. The van der Waals surface area contributed by atoms with Crippen LogP contribution in [0.15, 0.2) is 60.9 Å². The molecule has 156 valence electrons. The van der Waals surface area contributed by atoms with Gasteiger partial charge in [-0.25, -0.2) is 4.98 Å². The molecule has 2 aromatic heterocycles. The lowest BCUT2D eigenvalue weighted by molar-refractivity contribution is -0.0351. The first-order chi connectivity index (χ1) is 14.8. The second-order valence-electron chi connectivity index (χ2n) is 7.06. The van der Waals surface area contributed by atoms with E-state index in [9.17, 15) is 0 Å². The lowest BCUT2D eigenvalue weighted by Gasteiger charge is -2.33. The molecule has 1 saturated heterocycles. The minimum Gasteiger partial charge on any atom is -0.493 e. The highest BCUT2D eigenvalue weighted by Gasteiger charge is 2.24. The molecular weight excluding hydrogens is 380 g/mol. The Morgan fingerprint density at radius 3 is 2.73 bits per heavy atom. The Labute approximate surface area is 176 Å². The van der Waals surface area contributed by atoms with Crippen LogP contribution in [-0.4, -0.2) is 48.8 Å². The van der Waals surface area contributed by atoms with Gasteiger partial charge in [-0.15, -0.1) is 0 Å². The number of pyridine rings is 2. The lowest BCUT2D eigenvalue weighted by atomic mass is 10.1. The van der Waals surface area contributed by atoms with Gasteiger partial charge in [0.2, 0.25) is 0 Å². The molecular formula is C23H26N4O3. The van der Waals surface area contributed by atoms with Crippen LogP contribution in [0.3, 0.4) is 0 Å². The van der Waals surface area contributed by atoms with Crippen molar-refractivity contribution in [2.75, 3.05) is 39.2 Å². The highest BCUT2D eigenvalue weighted by molar-refractivity contribution is 5.54. The van der Waals surface area contributed by atoms with Crippen LogP contribution in [0.4, 0.5) is 11.5 Å². The molecule has 3 aromatic rings. The minimum atomic E-state index is -0.0701. The molecule has 1 fully saturated rings. The second-order valence-corrected chi connectivity index (χ2v) is 7.06. The van der Waals surface area contributed by atoms with Crippen molar-refractivity contribution in [1.29, 1.82) is 0 Å². The second kappa shape index (κ2) is 9.56. The van der Waals surface area contributed by atoms with E-state index in [4.69, 9.17) is 14.2 Å². The summed E-state index contributed by atoms with van der Waals surface area (Å²) in [5.41, 5.74) is 2.91. The Morgan fingerprint density at radius 2 is 2.00 bits per heavy atom. The van der Waals surface area contributed by atoms with Gasteiger partial charge in [-0.3, -0.25) is 9.88 Å². The molecule has 1 aromatic carbocycles. The van der Waals surface area contributed by atoms with Crippen molar-refractivity contribution in [3.8, 4) is 11.5 Å². The first kappa shape index (κ1) is 20.1. The molecule has 7 nitrogen and oxygen atoms in total. The summed E-state index contributed by atoms with van der Waals surface area (Å²) in [5.74, 6) is 2.32. The van der Waals surface area contributed by atoms with E-state index in [1.807, 2.05) is 48.7 Å². The summed E-state index contributed by atoms with van der Waals surface area (Å²) < 4.78 is 17.0. The average Bonchev–Trinajstić information content (AvgIpc) is 2.80. The molecule has 1 aliphatic heterocycles. The molecule has 1 aliphatic rings. The Kier molecular flexibility index (Phi) is 6.41. The fourth-order valence-corrected chi connectivity index (χ4v) is 3.60. The van der Waals surface area contributed by atoms with Crippen molar-refractivity contribution >= 4 is 11.5 Å². The lowest BCUT2D eigenvalue weighted by Crippen LogP contribution is -2.38. The van der Waals surface area contributed by atoms with Gasteiger partial charge in [-0.1, -0.05) is 18.2 Å². The number of rotatable bonds is 7. The maximum atomic E-state index is 6.00. The van der Waals surface area contributed by atoms with Gasteiger partial charge in [0, 0.05) is 31.4 Å². The van der Waals surface area contributed by atoms with Crippen molar-refractivity contribution in [3.63, 3.8) is 0 Å². The SMILES string of the molecule is COc1cccc(CN2CCO[C@@H](c3ccc(Nc4ccccn4)cn3)C2)c1OC. The Balaban J connectivity index is 1.42. The molecule has 0 aliphatic carbocycles. The van der Waals surface area contributed by atoms with E-state index in [2.05, 4.69) is 26.3 Å². The Bertz CT molecular complexity index is 950. The van der Waals surface area contributed by atoms with Crippen LogP contribution >= 0.6 is 0 Å². The zero-order chi connectivity index (χ0) is 20.8. The number of methoxy groups -OCH3 is 2. The van der Waals surface area contributed by atoms with Crippen LogP contribution in [0.5, 0.6) is 11.5 Å². The molecule has 7 heteroatoms. The highest BCUT2D eigenvalue weighted by atomic mass is 16.5. The van der Waals surface area contributed by atoms with E-state index in [0.717, 1.165) is 53.9 Å².